The third-order valence-electron chi connectivity index (χ3n) is 5.10. The fourth-order valence-electron chi connectivity index (χ4n) is 3.62. The van der Waals surface area contributed by atoms with E-state index < -0.39 is 0 Å². The number of carbonyl (C=O) groups is 1. The van der Waals surface area contributed by atoms with Gasteiger partial charge in [0.05, 0.1) is 40.2 Å². The number of carbonyl (C=O) groups excluding carboxylic acids is 1. The van der Waals surface area contributed by atoms with Gasteiger partial charge in [-0.05, 0) is 66.5 Å². The molecule has 6 nitrogen and oxygen atoms in total. The number of nitrogens with zero attached hydrogens (tertiary/aromatic N) is 2. The Labute approximate surface area is 213 Å². The van der Waals surface area contributed by atoms with E-state index in [-0.39, 0.29) is 12.0 Å². The molecule has 7 heteroatoms. The Bertz CT molecular complexity index is 1370. The van der Waals surface area contributed by atoms with Crippen molar-refractivity contribution < 1.29 is 14.3 Å². The van der Waals surface area contributed by atoms with Crippen molar-refractivity contribution in [1.82, 2.24) is 10.4 Å². The average Bonchev–Trinajstić information content (AvgIpc) is 2.86. The van der Waals surface area contributed by atoms with Gasteiger partial charge in [-0.25, -0.2) is 10.4 Å². The monoisotopic (exact) mass is 531 g/mol. The van der Waals surface area contributed by atoms with Crippen molar-refractivity contribution in [3.05, 3.63) is 88.4 Å². The molecule has 35 heavy (non-hydrogen) atoms. The Kier molecular flexibility index (Phi) is 7.77. The van der Waals surface area contributed by atoms with Crippen LogP contribution in [0.4, 0.5) is 0 Å². The first-order valence-corrected chi connectivity index (χ1v) is 12.2. The molecule has 0 radical (unpaired) electrons. The van der Waals surface area contributed by atoms with E-state index in [1.807, 2.05) is 87.5 Å². The van der Waals surface area contributed by atoms with E-state index >= 15 is 0 Å². The highest BCUT2D eigenvalue weighted by Gasteiger charge is 2.15. The van der Waals surface area contributed by atoms with Crippen molar-refractivity contribution in [2.75, 3.05) is 6.61 Å². The van der Waals surface area contributed by atoms with E-state index in [0.29, 0.717) is 23.7 Å². The summed E-state index contributed by atoms with van der Waals surface area (Å²) in [6, 6.07) is 22.9. The third kappa shape index (κ3) is 5.87. The number of hydrogen-bond donors (Lipinski definition) is 1. The first-order valence-electron chi connectivity index (χ1n) is 11.4. The lowest BCUT2D eigenvalue weighted by Crippen LogP contribution is -2.18. The second kappa shape index (κ2) is 11.1. The summed E-state index contributed by atoms with van der Waals surface area (Å²) in [4.78, 5) is 17.9. The van der Waals surface area contributed by atoms with Crippen molar-refractivity contribution in [2.45, 2.75) is 26.9 Å². The highest BCUT2D eigenvalue weighted by atomic mass is 79.9. The number of amides is 1. The van der Waals surface area contributed by atoms with Crippen LogP contribution in [0.5, 0.6) is 11.5 Å². The lowest BCUT2D eigenvalue weighted by molar-refractivity contribution is 0.0956. The molecule has 1 aromatic heterocycles. The van der Waals surface area contributed by atoms with Crippen molar-refractivity contribution >= 4 is 39.0 Å². The lowest BCUT2D eigenvalue weighted by atomic mass is 10.0. The zero-order valence-corrected chi connectivity index (χ0v) is 21.4. The van der Waals surface area contributed by atoms with E-state index in [2.05, 4.69) is 26.5 Å². The molecule has 0 saturated heterocycles. The number of hydrazone groups is 1. The molecule has 0 spiro atoms. The summed E-state index contributed by atoms with van der Waals surface area (Å²) in [6.07, 6.45) is 1.58. The predicted octanol–water partition coefficient (Wildman–Crippen LogP) is 6.61. The fraction of sp³-hybridized carbons (Fsp3) is 0.179. The number of hydrogen-bond acceptors (Lipinski definition) is 5. The summed E-state index contributed by atoms with van der Waals surface area (Å²) in [5.74, 6) is 0.927. The van der Waals surface area contributed by atoms with E-state index in [1.54, 1.807) is 12.3 Å². The number of aromatic nitrogens is 1. The minimum atomic E-state index is -0.319. The van der Waals surface area contributed by atoms with Gasteiger partial charge in [-0.2, -0.15) is 5.10 Å². The van der Waals surface area contributed by atoms with Gasteiger partial charge in [-0.15, -0.1) is 0 Å². The summed E-state index contributed by atoms with van der Waals surface area (Å²) < 4.78 is 12.4. The summed E-state index contributed by atoms with van der Waals surface area (Å²) in [7, 11) is 0. The maximum absolute atomic E-state index is 13.1. The van der Waals surface area contributed by atoms with Crippen LogP contribution in [0.2, 0.25) is 0 Å². The van der Waals surface area contributed by atoms with Crippen LogP contribution >= 0.6 is 15.9 Å². The number of nitrogens with one attached hydrogen (secondary N) is 1. The van der Waals surface area contributed by atoms with Gasteiger partial charge >= 0.3 is 0 Å². The van der Waals surface area contributed by atoms with Crippen LogP contribution in [0.25, 0.3) is 22.2 Å². The summed E-state index contributed by atoms with van der Waals surface area (Å²) in [6.45, 7) is 6.33. The van der Waals surface area contributed by atoms with Gasteiger partial charge in [0.1, 0.15) is 0 Å². The smallest absolute Gasteiger partial charge is 0.272 e. The van der Waals surface area contributed by atoms with Gasteiger partial charge in [0.15, 0.2) is 11.5 Å². The Morgan fingerprint density at radius 2 is 1.83 bits per heavy atom. The molecule has 1 amide bonds. The van der Waals surface area contributed by atoms with Crippen molar-refractivity contribution in [2.24, 2.45) is 5.10 Å². The van der Waals surface area contributed by atoms with Crippen molar-refractivity contribution in [1.29, 1.82) is 0 Å². The van der Waals surface area contributed by atoms with Gasteiger partial charge in [0.25, 0.3) is 5.91 Å². The van der Waals surface area contributed by atoms with Crippen LogP contribution in [0.15, 0.2) is 82.4 Å². The molecule has 0 fully saturated rings. The standard InChI is InChI=1S/C28H26BrN3O3/c1-4-34-26-15-19(14-23(29)27(26)35-18(2)3)17-30-32-28(33)22-16-25(20-10-6-5-7-11-20)31-24-13-9-8-12-21(22)24/h5-18H,4H2,1-3H3,(H,32,33)/b30-17-. The third-order valence-corrected chi connectivity index (χ3v) is 5.68. The van der Waals surface area contributed by atoms with Crippen LogP contribution in [0.1, 0.15) is 36.7 Å². The number of rotatable bonds is 8. The summed E-state index contributed by atoms with van der Waals surface area (Å²) in [5.41, 5.74) is 6.31. The molecule has 0 saturated carbocycles. The molecule has 178 valence electrons. The maximum atomic E-state index is 13.1. The van der Waals surface area contributed by atoms with Crippen LogP contribution in [-0.2, 0) is 0 Å². The van der Waals surface area contributed by atoms with E-state index in [9.17, 15) is 4.79 Å². The molecule has 4 aromatic rings. The zero-order valence-electron chi connectivity index (χ0n) is 19.8. The first kappa shape index (κ1) is 24.4. The van der Waals surface area contributed by atoms with E-state index in [4.69, 9.17) is 14.5 Å². The number of fused-ring (bicyclic) bond motifs is 1. The van der Waals surface area contributed by atoms with Crippen LogP contribution in [0.3, 0.4) is 0 Å². The molecular formula is C28H26BrN3O3. The molecule has 1 N–H and O–H groups in total. The van der Waals surface area contributed by atoms with Crippen LogP contribution in [-0.4, -0.2) is 29.8 Å². The largest absolute Gasteiger partial charge is 0.490 e. The van der Waals surface area contributed by atoms with Crippen molar-refractivity contribution in [3.63, 3.8) is 0 Å². The number of ether oxygens (including phenoxy) is 2. The second-order valence-corrected chi connectivity index (χ2v) is 8.92. The number of benzene rings is 3. The van der Waals surface area contributed by atoms with Gasteiger partial charge in [0, 0.05) is 10.9 Å². The average molecular weight is 532 g/mol. The summed E-state index contributed by atoms with van der Waals surface area (Å²) >= 11 is 3.55. The van der Waals surface area contributed by atoms with Gasteiger partial charge < -0.3 is 9.47 Å². The topological polar surface area (TPSA) is 72.8 Å². The van der Waals surface area contributed by atoms with Gasteiger partial charge in [-0.1, -0.05) is 48.5 Å². The van der Waals surface area contributed by atoms with Crippen LogP contribution < -0.4 is 14.9 Å². The molecule has 0 aliphatic heterocycles. The maximum Gasteiger partial charge on any atom is 0.272 e. The molecular weight excluding hydrogens is 506 g/mol. The molecule has 0 aliphatic carbocycles. The van der Waals surface area contributed by atoms with Crippen LogP contribution in [0, 0.1) is 0 Å². The second-order valence-electron chi connectivity index (χ2n) is 8.07. The van der Waals surface area contributed by atoms with E-state index in [1.165, 1.54) is 0 Å². The first-order chi connectivity index (χ1) is 17.0. The normalized spacial score (nSPS) is 11.2. The molecule has 0 bridgehead atoms. The quantitative estimate of drug-likeness (QED) is 0.205. The highest BCUT2D eigenvalue weighted by Crippen LogP contribution is 2.37. The summed E-state index contributed by atoms with van der Waals surface area (Å²) in [5, 5.41) is 4.96. The molecule has 4 rings (SSSR count). The Hall–Kier alpha value is -3.71. The zero-order chi connectivity index (χ0) is 24.8. The Morgan fingerprint density at radius 1 is 1.09 bits per heavy atom. The number of pyridine rings is 1. The molecule has 3 aromatic carbocycles. The Balaban J connectivity index is 1.61. The number of halogens is 1. The lowest BCUT2D eigenvalue weighted by Gasteiger charge is -2.16. The van der Waals surface area contributed by atoms with Gasteiger partial charge in [-0.3, -0.25) is 4.79 Å². The highest BCUT2D eigenvalue weighted by molar-refractivity contribution is 9.10. The van der Waals surface area contributed by atoms with Gasteiger partial charge in [0.2, 0.25) is 0 Å². The van der Waals surface area contributed by atoms with E-state index in [0.717, 1.165) is 32.2 Å². The molecule has 0 atom stereocenters. The van der Waals surface area contributed by atoms with Crippen molar-refractivity contribution in [3.8, 4) is 22.8 Å². The predicted molar refractivity (Wildman–Crippen MR) is 143 cm³/mol. The molecule has 0 unspecified atom stereocenters. The SMILES string of the molecule is CCOc1cc(/C=N\NC(=O)c2cc(-c3ccccc3)nc3ccccc23)cc(Br)c1OC(C)C. The minimum Gasteiger partial charge on any atom is -0.490 e. The molecule has 1 heterocycles. The fourth-order valence-corrected chi connectivity index (χ4v) is 4.17. The Morgan fingerprint density at radius 3 is 2.57 bits per heavy atom. The number of para-hydroxylation sites is 1. The minimum absolute atomic E-state index is 0.000253. The molecule has 0 aliphatic rings.